The second-order valence-corrected chi connectivity index (χ2v) is 6.28. The summed E-state index contributed by atoms with van der Waals surface area (Å²) in [6.45, 7) is 0.825. The molecule has 5 nitrogen and oxygen atoms in total. The molecule has 112 valence electrons. The average Bonchev–Trinajstić information content (AvgIpc) is 3.03. The van der Waals surface area contributed by atoms with Crippen LogP contribution in [0.2, 0.25) is 0 Å². The number of halogens is 1. The number of hydrogen-bond donors (Lipinski definition) is 1. The van der Waals surface area contributed by atoms with Crippen molar-refractivity contribution in [3.8, 4) is 0 Å². The Hall–Kier alpha value is -2.28. The van der Waals surface area contributed by atoms with Crippen molar-refractivity contribution < 1.29 is 9.18 Å². The first-order valence-electron chi connectivity index (χ1n) is 7.07. The van der Waals surface area contributed by atoms with E-state index in [2.05, 4.69) is 14.7 Å². The molecule has 2 aromatic heterocycles. The summed E-state index contributed by atoms with van der Waals surface area (Å²) in [6.07, 6.45) is 5.59. The minimum absolute atomic E-state index is 0.247. The second-order valence-electron chi connectivity index (χ2n) is 5.50. The molecule has 4 rings (SSSR count). The molecular formula is C15H13FN4OS. The minimum Gasteiger partial charge on any atom is -0.346 e. The van der Waals surface area contributed by atoms with Gasteiger partial charge in [-0.05, 0) is 37.0 Å². The molecule has 1 fully saturated rings. The molecule has 1 N–H and O–H groups in total. The van der Waals surface area contributed by atoms with Crippen molar-refractivity contribution >= 4 is 33.5 Å². The first kappa shape index (κ1) is 13.4. The topological polar surface area (TPSA) is 59.8 Å². The van der Waals surface area contributed by atoms with Crippen LogP contribution in [0.15, 0.2) is 30.7 Å². The summed E-state index contributed by atoms with van der Waals surface area (Å²) in [4.78, 5) is 16.4. The van der Waals surface area contributed by atoms with Gasteiger partial charge in [-0.2, -0.15) is 4.37 Å². The molecule has 0 radical (unpaired) electrons. The summed E-state index contributed by atoms with van der Waals surface area (Å²) < 4.78 is 19.4. The molecule has 3 aromatic rings. The number of benzene rings is 1. The van der Waals surface area contributed by atoms with Crippen molar-refractivity contribution in [3.63, 3.8) is 0 Å². The van der Waals surface area contributed by atoms with E-state index >= 15 is 0 Å². The van der Waals surface area contributed by atoms with Gasteiger partial charge in [-0.25, -0.2) is 9.37 Å². The lowest BCUT2D eigenvalue weighted by atomic mass is 10.1. The largest absolute Gasteiger partial charge is 0.346 e. The van der Waals surface area contributed by atoms with Crippen LogP contribution in [0.3, 0.4) is 0 Å². The van der Waals surface area contributed by atoms with Gasteiger partial charge >= 0.3 is 0 Å². The summed E-state index contributed by atoms with van der Waals surface area (Å²) in [5.41, 5.74) is 1.29. The molecule has 1 aliphatic rings. The number of carbonyl (C=O) groups is 1. The van der Waals surface area contributed by atoms with Gasteiger partial charge in [-0.1, -0.05) is 0 Å². The van der Waals surface area contributed by atoms with Crippen molar-refractivity contribution in [2.24, 2.45) is 5.92 Å². The highest BCUT2D eigenvalue weighted by Crippen LogP contribution is 2.33. The number of nitrogens with one attached hydrogen (secondary N) is 1. The predicted molar refractivity (Wildman–Crippen MR) is 82.5 cm³/mol. The highest BCUT2D eigenvalue weighted by Gasteiger charge is 2.24. The third kappa shape index (κ3) is 2.48. The van der Waals surface area contributed by atoms with Crippen LogP contribution in [-0.2, 0) is 6.54 Å². The standard InChI is InChI=1S/C15H13FN4OS/c16-10-3-4-11-12(14(21)19-15-17-8-18-22-15)7-20(13(11)5-10)6-9-1-2-9/h3-5,7-9H,1-2,6H2,(H,17,18,19,21). The predicted octanol–water partition coefficient (Wildman–Crippen LogP) is 3.29. The van der Waals surface area contributed by atoms with Gasteiger partial charge in [-0.15, -0.1) is 0 Å². The number of aromatic nitrogens is 3. The minimum atomic E-state index is -0.293. The maximum atomic E-state index is 13.6. The van der Waals surface area contributed by atoms with Crippen molar-refractivity contribution in [3.05, 3.63) is 42.1 Å². The van der Waals surface area contributed by atoms with Crippen LogP contribution in [0.4, 0.5) is 9.52 Å². The number of rotatable bonds is 4. The Morgan fingerprint density at radius 1 is 1.45 bits per heavy atom. The average molecular weight is 316 g/mol. The second kappa shape index (κ2) is 5.17. The van der Waals surface area contributed by atoms with E-state index in [0.29, 0.717) is 16.6 Å². The zero-order valence-corrected chi connectivity index (χ0v) is 12.4. The SMILES string of the molecule is O=C(Nc1ncns1)c1cn(CC2CC2)c2cc(F)ccc12. The summed E-state index contributed by atoms with van der Waals surface area (Å²) in [5, 5.41) is 3.93. The fraction of sp³-hybridized carbons (Fsp3) is 0.267. The zero-order chi connectivity index (χ0) is 15.1. The maximum Gasteiger partial charge on any atom is 0.259 e. The number of amides is 1. The normalized spacial score (nSPS) is 14.4. The monoisotopic (exact) mass is 316 g/mol. The molecule has 2 heterocycles. The van der Waals surface area contributed by atoms with Crippen molar-refractivity contribution in [2.75, 3.05) is 5.32 Å². The molecule has 0 saturated heterocycles. The van der Waals surface area contributed by atoms with Crippen LogP contribution >= 0.6 is 11.5 Å². The van der Waals surface area contributed by atoms with Gasteiger partial charge in [0, 0.05) is 29.7 Å². The third-order valence-corrected chi connectivity index (χ3v) is 4.40. The van der Waals surface area contributed by atoms with Gasteiger partial charge in [0.2, 0.25) is 5.13 Å². The molecule has 22 heavy (non-hydrogen) atoms. The van der Waals surface area contributed by atoms with Crippen molar-refractivity contribution in [1.82, 2.24) is 13.9 Å². The van der Waals surface area contributed by atoms with Crippen LogP contribution in [0.5, 0.6) is 0 Å². The van der Waals surface area contributed by atoms with Crippen LogP contribution in [0, 0.1) is 11.7 Å². The van der Waals surface area contributed by atoms with E-state index in [-0.39, 0.29) is 11.7 Å². The Labute approximate surface area is 130 Å². The summed E-state index contributed by atoms with van der Waals surface area (Å²) in [6, 6.07) is 4.52. The van der Waals surface area contributed by atoms with Crippen LogP contribution < -0.4 is 5.32 Å². The third-order valence-electron chi connectivity index (χ3n) is 3.82. The van der Waals surface area contributed by atoms with Gasteiger partial charge in [0.05, 0.1) is 11.1 Å². The molecule has 0 aliphatic heterocycles. The molecule has 1 aliphatic carbocycles. The van der Waals surface area contributed by atoms with Gasteiger partial charge in [0.1, 0.15) is 12.1 Å². The molecule has 0 atom stereocenters. The lowest BCUT2D eigenvalue weighted by molar-refractivity contribution is 0.102. The molecule has 1 amide bonds. The van der Waals surface area contributed by atoms with Crippen LogP contribution in [-0.4, -0.2) is 19.8 Å². The molecule has 0 spiro atoms. The summed E-state index contributed by atoms with van der Waals surface area (Å²) in [5.74, 6) is 0.0968. The van der Waals surface area contributed by atoms with Crippen molar-refractivity contribution in [2.45, 2.75) is 19.4 Å². The summed E-state index contributed by atoms with van der Waals surface area (Å²) in [7, 11) is 0. The lowest BCUT2D eigenvalue weighted by Crippen LogP contribution is -2.11. The Morgan fingerprint density at radius 2 is 2.32 bits per heavy atom. The highest BCUT2D eigenvalue weighted by molar-refractivity contribution is 7.09. The summed E-state index contributed by atoms with van der Waals surface area (Å²) >= 11 is 1.12. The molecule has 0 bridgehead atoms. The first-order valence-corrected chi connectivity index (χ1v) is 7.84. The fourth-order valence-corrected chi connectivity index (χ4v) is 3.00. The van der Waals surface area contributed by atoms with E-state index in [4.69, 9.17) is 0 Å². The fourth-order valence-electron chi connectivity index (χ4n) is 2.57. The van der Waals surface area contributed by atoms with Crippen LogP contribution in [0.1, 0.15) is 23.2 Å². The molecule has 1 saturated carbocycles. The molecule has 0 unspecified atom stereocenters. The Morgan fingerprint density at radius 3 is 3.05 bits per heavy atom. The number of hydrogen-bond acceptors (Lipinski definition) is 4. The van der Waals surface area contributed by atoms with Gasteiger partial charge in [-0.3, -0.25) is 10.1 Å². The Kier molecular flexibility index (Phi) is 3.15. The van der Waals surface area contributed by atoms with E-state index in [1.54, 1.807) is 12.3 Å². The number of anilines is 1. The van der Waals surface area contributed by atoms with E-state index < -0.39 is 0 Å². The number of nitrogens with zero attached hydrogens (tertiary/aromatic N) is 3. The van der Waals surface area contributed by atoms with Crippen molar-refractivity contribution in [1.29, 1.82) is 0 Å². The van der Waals surface area contributed by atoms with Crippen LogP contribution in [0.25, 0.3) is 10.9 Å². The molecule has 7 heteroatoms. The Bertz CT molecular complexity index is 839. The lowest BCUT2D eigenvalue weighted by Gasteiger charge is -2.02. The molecule has 1 aromatic carbocycles. The first-order chi connectivity index (χ1) is 10.7. The van der Waals surface area contributed by atoms with E-state index in [1.165, 1.54) is 31.3 Å². The van der Waals surface area contributed by atoms with Gasteiger partial charge < -0.3 is 4.57 Å². The maximum absolute atomic E-state index is 13.6. The number of carbonyl (C=O) groups excluding carboxylic acids is 1. The highest BCUT2D eigenvalue weighted by atomic mass is 32.1. The Balaban J connectivity index is 1.74. The zero-order valence-electron chi connectivity index (χ0n) is 11.6. The van der Waals surface area contributed by atoms with E-state index in [9.17, 15) is 9.18 Å². The van der Waals surface area contributed by atoms with E-state index in [1.807, 2.05) is 4.57 Å². The van der Waals surface area contributed by atoms with Gasteiger partial charge in [0.15, 0.2) is 0 Å². The molecular weight excluding hydrogens is 303 g/mol. The smallest absolute Gasteiger partial charge is 0.259 e. The van der Waals surface area contributed by atoms with E-state index in [0.717, 1.165) is 29.0 Å². The van der Waals surface area contributed by atoms with Gasteiger partial charge in [0.25, 0.3) is 5.91 Å². The quantitative estimate of drug-likeness (QED) is 0.803. The number of fused-ring (bicyclic) bond motifs is 1.